The number of rotatable bonds is 5. The Bertz CT molecular complexity index is 465. The Morgan fingerprint density at radius 2 is 2.00 bits per heavy atom. The maximum Gasteiger partial charge on any atom is 0.222 e. The minimum Gasteiger partial charge on any atom is -0.338 e. The average Bonchev–Trinajstić information content (AvgIpc) is 2.95. The number of nitrogens with zero attached hydrogens (tertiary/aromatic N) is 2. The van der Waals surface area contributed by atoms with Crippen LogP contribution in [-0.2, 0) is 4.79 Å². The lowest BCUT2D eigenvalue weighted by molar-refractivity contribution is -0.130. The summed E-state index contributed by atoms with van der Waals surface area (Å²) >= 11 is 1.93. The number of piperidine rings is 1. The van der Waals surface area contributed by atoms with Gasteiger partial charge < -0.3 is 9.80 Å². The highest BCUT2D eigenvalue weighted by Crippen LogP contribution is 2.22. The van der Waals surface area contributed by atoms with Crippen LogP contribution in [0.15, 0.2) is 35.2 Å². The molecule has 0 unspecified atom stereocenters. The summed E-state index contributed by atoms with van der Waals surface area (Å²) in [7, 11) is 0. The summed E-state index contributed by atoms with van der Waals surface area (Å²) in [4.78, 5) is 17.9. The number of carbonyl (C=O) groups is 1. The van der Waals surface area contributed by atoms with Crippen LogP contribution >= 0.6 is 11.8 Å². The topological polar surface area (TPSA) is 23.6 Å². The van der Waals surface area contributed by atoms with E-state index in [1.165, 1.54) is 24.3 Å². The Morgan fingerprint density at radius 1 is 1.14 bits per heavy atom. The molecule has 0 aromatic heterocycles. The molecule has 3 nitrogen and oxygen atoms in total. The van der Waals surface area contributed by atoms with Crippen LogP contribution in [0.1, 0.15) is 25.7 Å². The largest absolute Gasteiger partial charge is 0.338 e. The molecule has 0 spiro atoms. The van der Waals surface area contributed by atoms with Crippen molar-refractivity contribution in [1.82, 2.24) is 9.80 Å². The van der Waals surface area contributed by atoms with Crippen molar-refractivity contribution in [2.75, 3.05) is 31.9 Å². The van der Waals surface area contributed by atoms with Gasteiger partial charge in [-0.1, -0.05) is 18.2 Å². The zero-order valence-electron chi connectivity index (χ0n) is 12.5. The lowest BCUT2D eigenvalue weighted by atomic mass is 10.0. The maximum absolute atomic E-state index is 11.9. The van der Waals surface area contributed by atoms with Gasteiger partial charge in [0.2, 0.25) is 5.91 Å². The molecule has 0 aliphatic carbocycles. The van der Waals surface area contributed by atoms with Crippen LogP contribution < -0.4 is 0 Å². The van der Waals surface area contributed by atoms with Crippen LogP contribution in [0.25, 0.3) is 0 Å². The monoisotopic (exact) mass is 304 g/mol. The number of hydrogen-bond donors (Lipinski definition) is 0. The summed E-state index contributed by atoms with van der Waals surface area (Å²) < 4.78 is 0. The van der Waals surface area contributed by atoms with Crippen molar-refractivity contribution < 1.29 is 4.79 Å². The summed E-state index contributed by atoms with van der Waals surface area (Å²) in [5.41, 5.74) is 0. The first-order chi connectivity index (χ1) is 10.3. The molecule has 2 saturated heterocycles. The summed E-state index contributed by atoms with van der Waals surface area (Å²) in [6, 6.07) is 11.1. The van der Waals surface area contributed by atoms with Crippen molar-refractivity contribution in [2.24, 2.45) is 0 Å². The average molecular weight is 304 g/mol. The second-order valence-corrected chi connectivity index (χ2v) is 7.12. The fourth-order valence-electron chi connectivity index (χ4n) is 3.35. The van der Waals surface area contributed by atoms with Gasteiger partial charge in [0.1, 0.15) is 0 Å². The summed E-state index contributed by atoms with van der Waals surface area (Å²) in [6.07, 6.45) is 4.23. The molecule has 2 heterocycles. The molecule has 3 rings (SSSR count). The van der Waals surface area contributed by atoms with Crippen molar-refractivity contribution in [3.8, 4) is 0 Å². The highest BCUT2D eigenvalue weighted by atomic mass is 32.2. The molecule has 1 amide bonds. The highest BCUT2D eigenvalue weighted by Gasteiger charge is 2.30. The van der Waals surface area contributed by atoms with Gasteiger partial charge in [0.25, 0.3) is 0 Å². The van der Waals surface area contributed by atoms with Crippen LogP contribution in [0.5, 0.6) is 0 Å². The van der Waals surface area contributed by atoms with Crippen molar-refractivity contribution in [3.63, 3.8) is 0 Å². The number of likely N-dealkylation sites (tertiary alicyclic amines) is 2. The standard InChI is InChI=1S/C17H24N2OS/c20-17-9-5-11-19(17)15-6-4-10-18(14-15)12-13-21-16-7-2-1-3-8-16/h1-3,7-8,15H,4-6,9-14H2/t15-/m1/s1. The molecule has 0 N–H and O–H groups in total. The Kier molecular flexibility index (Phi) is 5.20. The van der Waals surface area contributed by atoms with E-state index >= 15 is 0 Å². The molecular formula is C17H24N2OS. The number of amides is 1. The van der Waals surface area contributed by atoms with Crippen molar-refractivity contribution in [1.29, 1.82) is 0 Å². The predicted molar refractivity (Wildman–Crippen MR) is 87.6 cm³/mol. The fourth-order valence-corrected chi connectivity index (χ4v) is 4.29. The first-order valence-corrected chi connectivity index (χ1v) is 9.01. The molecule has 1 aromatic carbocycles. The Balaban J connectivity index is 1.44. The fraction of sp³-hybridized carbons (Fsp3) is 0.588. The predicted octanol–water partition coefficient (Wildman–Crippen LogP) is 2.87. The van der Waals surface area contributed by atoms with Crippen LogP contribution in [-0.4, -0.2) is 53.7 Å². The van der Waals surface area contributed by atoms with Crippen molar-refractivity contribution in [2.45, 2.75) is 36.6 Å². The first kappa shape index (κ1) is 14.9. The van der Waals surface area contributed by atoms with Crippen LogP contribution in [0, 0.1) is 0 Å². The zero-order chi connectivity index (χ0) is 14.5. The van der Waals surface area contributed by atoms with Crippen molar-refractivity contribution in [3.05, 3.63) is 30.3 Å². The Labute approximate surface area is 131 Å². The smallest absolute Gasteiger partial charge is 0.222 e. The van der Waals surface area contributed by atoms with Gasteiger partial charge in [-0.25, -0.2) is 0 Å². The number of hydrogen-bond acceptors (Lipinski definition) is 3. The number of benzene rings is 1. The number of thioether (sulfide) groups is 1. The molecule has 0 bridgehead atoms. The van der Waals surface area contributed by atoms with E-state index in [0.717, 1.165) is 38.2 Å². The molecule has 2 fully saturated rings. The molecule has 2 aliphatic rings. The minimum atomic E-state index is 0.375. The quantitative estimate of drug-likeness (QED) is 0.782. The first-order valence-electron chi connectivity index (χ1n) is 8.02. The van der Waals surface area contributed by atoms with Crippen molar-refractivity contribution >= 4 is 17.7 Å². The molecule has 1 aromatic rings. The lowest BCUT2D eigenvalue weighted by Crippen LogP contribution is -2.48. The second kappa shape index (κ2) is 7.32. The van der Waals surface area contributed by atoms with E-state index in [1.807, 2.05) is 11.8 Å². The van der Waals surface area contributed by atoms with Gasteiger partial charge in [-0.2, -0.15) is 0 Å². The van der Waals surface area contributed by atoms with E-state index in [4.69, 9.17) is 0 Å². The Hall–Kier alpha value is -1.00. The lowest BCUT2D eigenvalue weighted by Gasteiger charge is -2.37. The molecule has 1 atom stereocenters. The van der Waals surface area contributed by atoms with Gasteiger partial charge in [-0.05, 0) is 37.9 Å². The molecule has 4 heteroatoms. The number of carbonyl (C=O) groups excluding carboxylic acids is 1. The van der Waals surface area contributed by atoms with Gasteiger partial charge in [0.15, 0.2) is 0 Å². The van der Waals surface area contributed by atoms with Gasteiger partial charge in [0.05, 0.1) is 0 Å². The summed E-state index contributed by atoms with van der Waals surface area (Å²) in [6.45, 7) is 4.36. The van der Waals surface area contributed by atoms with E-state index in [0.29, 0.717) is 11.9 Å². The molecule has 0 radical (unpaired) electrons. The molecule has 2 aliphatic heterocycles. The second-order valence-electron chi connectivity index (χ2n) is 5.95. The normalized spacial score (nSPS) is 23.7. The van der Waals surface area contributed by atoms with Gasteiger partial charge in [-0.15, -0.1) is 11.8 Å². The van der Waals surface area contributed by atoms with E-state index < -0.39 is 0 Å². The van der Waals surface area contributed by atoms with E-state index in [1.54, 1.807) is 0 Å². The van der Waals surface area contributed by atoms with Gasteiger partial charge in [-0.3, -0.25) is 4.79 Å². The zero-order valence-corrected chi connectivity index (χ0v) is 13.4. The Morgan fingerprint density at radius 3 is 2.76 bits per heavy atom. The van der Waals surface area contributed by atoms with Gasteiger partial charge in [0, 0.05) is 42.7 Å². The molecule has 0 saturated carbocycles. The molecular weight excluding hydrogens is 280 g/mol. The summed E-state index contributed by atoms with van der Waals surface area (Å²) in [5.74, 6) is 1.51. The third kappa shape index (κ3) is 4.01. The van der Waals surface area contributed by atoms with E-state index in [2.05, 4.69) is 40.1 Å². The van der Waals surface area contributed by atoms with E-state index in [9.17, 15) is 4.79 Å². The van der Waals surface area contributed by atoms with Crippen LogP contribution in [0.4, 0.5) is 0 Å². The highest BCUT2D eigenvalue weighted by molar-refractivity contribution is 7.99. The minimum absolute atomic E-state index is 0.375. The molecule has 21 heavy (non-hydrogen) atoms. The maximum atomic E-state index is 11.9. The molecule has 114 valence electrons. The summed E-state index contributed by atoms with van der Waals surface area (Å²) in [5, 5.41) is 0. The van der Waals surface area contributed by atoms with Crippen LogP contribution in [0.2, 0.25) is 0 Å². The third-order valence-corrected chi connectivity index (χ3v) is 5.44. The third-order valence-electron chi connectivity index (χ3n) is 4.45. The van der Waals surface area contributed by atoms with Gasteiger partial charge >= 0.3 is 0 Å². The van der Waals surface area contributed by atoms with Crippen LogP contribution in [0.3, 0.4) is 0 Å². The SMILES string of the molecule is O=C1CCCN1[C@@H]1CCCN(CCSc2ccccc2)C1. The van der Waals surface area contributed by atoms with E-state index in [-0.39, 0.29) is 0 Å².